The Morgan fingerprint density at radius 1 is 1.00 bits per heavy atom. The molecule has 0 fully saturated rings. The maximum atomic E-state index is 14.0. The Kier molecular flexibility index (Phi) is 6.80. The Hall–Kier alpha value is -3.97. The summed E-state index contributed by atoms with van der Waals surface area (Å²) in [4.78, 5) is 23.3. The average Bonchev–Trinajstić information content (AvgIpc) is 2.82. The van der Waals surface area contributed by atoms with Crippen molar-refractivity contribution in [2.75, 3.05) is 15.5 Å². The molecule has 0 saturated heterocycles. The molecule has 0 aliphatic heterocycles. The van der Waals surface area contributed by atoms with E-state index in [1.807, 2.05) is 37.3 Å². The first-order valence-corrected chi connectivity index (χ1v) is 10.6. The van der Waals surface area contributed by atoms with E-state index in [1.165, 1.54) is 23.1 Å². The number of rotatable bonds is 6. The molecule has 4 aromatic rings. The van der Waals surface area contributed by atoms with Gasteiger partial charge in [-0.1, -0.05) is 48.0 Å². The molecule has 0 aliphatic carbocycles. The van der Waals surface area contributed by atoms with E-state index in [0.717, 1.165) is 5.56 Å². The summed E-state index contributed by atoms with van der Waals surface area (Å²) in [5.41, 5.74) is 1.92. The summed E-state index contributed by atoms with van der Waals surface area (Å²) in [5, 5.41) is 6.59. The second-order valence-electron chi connectivity index (χ2n) is 7.27. The van der Waals surface area contributed by atoms with Crippen molar-refractivity contribution in [1.29, 1.82) is 0 Å². The molecule has 3 aromatic carbocycles. The molecular formula is C25H21ClFN5O. The van der Waals surface area contributed by atoms with Crippen LogP contribution in [0.1, 0.15) is 18.5 Å². The third-order valence-electron chi connectivity index (χ3n) is 4.88. The van der Waals surface area contributed by atoms with Gasteiger partial charge in [0.05, 0.1) is 11.7 Å². The molecule has 166 valence electrons. The first-order valence-electron chi connectivity index (χ1n) is 10.3. The van der Waals surface area contributed by atoms with Crippen LogP contribution in [-0.2, 0) is 0 Å². The predicted octanol–water partition coefficient (Wildman–Crippen LogP) is 6.81. The van der Waals surface area contributed by atoms with Crippen LogP contribution < -0.4 is 15.5 Å². The number of hydrogen-bond donors (Lipinski definition) is 2. The van der Waals surface area contributed by atoms with E-state index in [4.69, 9.17) is 11.6 Å². The number of anilines is 4. The molecule has 1 aromatic heterocycles. The Balaban J connectivity index is 1.64. The van der Waals surface area contributed by atoms with Crippen molar-refractivity contribution in [3.63, 3.8) is 0 Å². The number of nitrogens with zero attached hydrogens (tertiary/aromatic N) is 3. The van der Waals surface area contributed by atoms with Crippen LogP contribution in [0.5, 0.6) is 0 Å². The molecule has 1 heterocycles. The van der Waals surface area contributed by atoms with Gasteiger partial charge in [-0.3, -0.25) is 0 Å². The lowest BCUT2D eigenvalue weighted by atomic mass is 10.1. The maximum Gasteiger partial charge on any atom is 0.332 e. The molecule has 0 spiro atoms. The molecule has 1 unspecified atom stereocenters. The molecule has 0 radical (unpaired) electrons. The molecule has 4 rings (SSSR count). The van der Waals surface area contributed by atoms with Crippen molar-refractivity contribution < 1.29 is 9.18 Å². The number of nitrogens with one attached hydrogen (secondary N) is 2. The molecule has 0 aliphatic rings. The molecule has 1 atom stereocenters. The van der Waals surface area contributed by atoms with E-state index in [2.05, 4.69) is 20.6 Å². The third-order valence-corrected chi connectivity index (χ3v) is 5.13. The van der Waals surface area contributed by atoms with Gasteiger partial charge in [0.2, 0.25) is 5.95 Å². The van der Waals surface area contributed by atoms with Crippen LogP contribution in [0.15, 0.2) is 91.1 Å². The van der Waals surface area contributed by atoms with E-state index in [-0.39, 0.29) is 11.9 Å². The van der Waals surface area contributed by atoms with E-state index >= 15 is 0 Å². The number of hydrogen-bond acceptors (Lipinski definition) is 4. The summed E-state index contributed by atoms with van der Waals surface area (Å²) >= 11 is 5.93. The van der Waals surface area contributed by atoms with Crippen LogP contribution in [0.2, 0.25) is 5.02 Å². The summed E-state index contributed by atoms with van der Waals surface area (Å²) < 4.78 is 14.0. The van der Waals surface area contributed by atoms with Gasteiger partial charge >= 0.3 is 6.03 Å². The Labute approximate surface area is 196 Å². The molecule has 2 amide bonds. The molecular weight excluding hydrogens is 441 g/mol. The SMILES string of the molecule is CC(Nc1nccc(N(C(=O)Nc2ccc(Cl)cc2)c2cccc(F)c2)n1)c1ccccc1. The lowest BCUT2D eigenvalue weighted by Crippen LogP contribution is -2.31. The Morgan fingerprint density at radius 3 is 2.48 bits per heavy atom. The highest BCUT2D eigenvalue weighted by Crippen LogP contribution is 2.27. The Bertz CT molecular complexity index is 1240. The number of aromatic nitrogens is 2. The minimum Gasteiger partial charge on any atom is -0.348 e. The zero-order valence-corrected chi connectivity index (χ0v) is 18.5. The third kappa shape index (κ3) is 5.64. The molecule has 33 heavy (non-hydrogen) atoms. The quantitative estimate of drug-likeness (QED) is 0.331. The first kappa shape index (κ1) is 22.2. The molecule has 8 heteroatoms. The molecule has 0 bridgehead atoms. The van der Waals surface area contributed by atoms with Gasteiger partial charge in [0.25, 0.3) is 0 Å². The zero-order chi connectivity index (χ0) is 23.2. The molecule has 0 saturated carbocycles. The molecule has 2 N–H and O–H groups in total. The van der Waals surface area contributed by atoms with Gasteiger partial charge < -0.3 is 10.6 Å². The fourth-order valence-corrected chi connectivity index (χ4v) is 3.37. The van der Waals surface area contributed by atoms with Crippen LogP contribution in [-0.4, -0.2) is 16.0 Å². The van der Waals surface area contributed by atoms with Crippen LogP contribution in [0.4, 0.5) is 32.3 Å². The predicted molar refractivity (Wildman–Crippen MR) is 130 cm³/mol. The number of halogens is 2. The van der Waals surface area contributed by atoms with Gasteiger partial charge in [-0.25, -0.2) is 19.1 Å². The maximum absolute atomic E-state index is 14.0. The average molecular weight is 462 g/mol. The van der Waals surface area contributed by atoms with Gasteiger partial charge in [-0.05, 0) is 55.0 Å². The van der Waals surface area contributed by atoms with Crippen LogP contribution in [0.3, 0.4) is 0 Å². The van der Waals surface area contributed by atoms with Crippen molar-refractivity contribution in [2.24, 2.45) is 0 Å². The number of amides is 2. The van der Waals surface area contributed by atoms with E-state index in [9.17, 15) is 9.18 Å². The summed E-state index contributed by atoms with van der Waals surface area (Å²) in [6.07, 6.45) is 1.55. The van der Waals surface area contributed by atoms with Gasteiger partial charge in [0.15, 0.2) is 0 Å². The Morgan fingerprint density at radius 2 is 1.76 bits per heavy atom. The summed E-state index contributed by atoms with van der Waals surface area (Å²) in [7, 11) is 0. The second kappa shape index (κ2) is 10.1. The number of carbonyl (C=O) groups is 1. The second-order valence-corrected chi connectivity index (χ2v) is 7.70. The number of carbonyl (C=O) groups excluding carboxylic acids is 1. The zero-order valence-electron chi connectivity index (χ0n) is 17.7. The summed E-state index contributed by atoms with van der Waals surface area (Å²) in [5.74, 6) is 0.149. The normalized spacial score (nSPS) is 11.5. The standard InChI is InChI=1S/C25H21ClFN5O/c1-17(18-6-3-2-4-7-18)29-24-28-15-14-23(31-24)32(22-9-5-8-20(27)16-22)25(33)30-21-12-10-19(26)11-13-21/h2-17H,1H3,(H,30,33)(H,28,29,31). The topological polar surface area (TPSA) is 70.2 Å². The first-order chi connectivity index (χ1) is 16.0. The number of urea groups is 1. The highest BCUT2D eigenvalue weighted by atomic mass is 35.5. The van der Waals surface area contributed by atoms with E-state index in [1.54, 1.807) is 42.6 Å². The fourth-order valence-electron chi connectivity index (χ4n) is 3.24. The number of benzene rings is 3. The minimum atomic E-state index is -0.510. The van der Waals surface area contributed by atoms with Crippen LogP contribution >= 0.6 is 11.6 Å². The van der Waals surface area contributed by atoms with Gasteiger partial charge in [-0.2, -0.15) is 4.98 Å². The lowest BCUT2D eigenvalue weighted by Gasteiger charge is -2.23. The summed E-state index contributed by atoms with van der Waals surface area (Å²) in [6.45, 7) is 1.99. The van der Waals surface area contributed by atoms with Crippen LogP contribution in [0.25, 0.3) is 0 Å². The van der Waals surface area contributed by atoms with Gasteiger partial charge in [0.1, 0.15) is 11.6 Å². The van der Waals surface area contributed by atoms with E-state index in [0.29, 0.717) is 22.3 Å². The van der Waals surface area contributed by atoms with Crippen molar-refractivity contribution in [1.82, 2.24) is 9.97 Å². The smallest absolute Gasteiger partial charge is 0.332 e. The largest absolute Gasteiger partial charge is 0.348 e. The van der Waals surface area contributed by atoms with Crippen molar-refractivity contribution in [3.05, 3.63) is 108 Å². The van der Waals surface area contributed by atoms with Gasteiger partial charge in [0, 0.05) is 23.0 Å². The van der Waals surface area contributed by atoms with Gasteiger partial charge in [-0.15, -0.1) is 0 Å². The van der Waals surface area contributed by atoms with Crippen molar-refractivity contribution in [3.8, 4) is 0 Å². The minimum absolute atomic E-state index is 0.0630. The van der Waals surface area contributed by atoms with E-state index < -0.39 is 11.8 Å². The monoisotopic (exact) mass is 461 g/mol. The van der Waals surface area contributed by atoms with Crippen molar-refractivity contribution in [2.45, 2.75) is 13.0 Å². The van der Waals surface area contributed by atoms with Crippen molar-refractivity contribution >= 4 is 40.8 Å². The lowest BCUT2D eigenvalue weighted by molar-refractivity contribution is 0.259. The highest BCUT2D eigenvalue weighted by molar-refractivity contribution is 6.30. The fraction of sp³-hybridized carbons (Fsp3) is 0.0800. The van der Waals surface area contributed by atoms with Crippen LogP contribution in [0, 0.1) is 5.82 Å². The molecule has 6 nitrogen and oxygen atoms in total. The highest BCUT2D eigenvalue weighted by Gasteiger charge is 2.21. The summed E-state index contributed by atoms with van der Waals surface area (Å²) in [6, 6.07) is 23.3.